The third-order valence-corrected chi connectivity index (χ3v) is 6.02. The molecule has 0 amide bonds. The SMILES string of the molecule is CCNC(=NCC(C)(C)SC)NCCCc1nn(-c2ccc(C)cc2)c(N)c1C#N.I. The van der Waals surface area contributed by atoms with Gasteiger partial charge in [0.15, 0.2) is 5.96 Å². The van der Waals surface area contributed by atoms with Crippen molar-refractivity contribution >= 4 is 47.5 Å². The Hall–Kier alpha value is -1.93. The van der Waals surface area contributed by atoms with Crippen LogP contribution in [-0.2, 0) is 6.42 Å². The van der Waals surface area contributed by atoms with Gasteiger partial charge in [-0.2, -0.15) is 22.1 Å². The number of aryl methyl sites for hydroxylation is 2. The van der Waals surface area contributed by atoms with E-state index in [0.717, 1.165) is 49.0 Å². The minimum Gasteiger partial charge on any atom is -0.382 e. The minimum absolute atomic E-state index is 0. The number of halogens is 1. The van der Waals surface area contributed by atoms with Gasteiger partial charge in [0.05, 0.1) is 17.9 Å². The Morgan fingerprint density at radius 2 is 1.97 bits per heavy atom. The molecule has 0 unspecified atom stereocenters. The maximum absolute atomic E-state index is 9.56. The zero-order chi connectivity index (χ0) is 22.1. The predicted molar refractivity (Wildman–Crippen MR) is 143 cm³/mol. The number of anilines is 1. The third-order valence-electron chi connectivity index (χ3n) is 4.78. The zero-order valence-corrected chi connectivity index (χ0v) is 22.2. The second-order valence-corrected chi connectivity index (χ2v) is 9.27. The average molecular weight is 556 g/mol. The summed E-state index contributed by atoms with van der Waals surface area (Å²) in [6.07, 6.45) is 3.58. The van der Waals surface area contributed by atoms with Crippen LogP contribution in [-0.4, -0.2) is 46.4 Å². The summed E-state index contributed by atoms with van der Waals surface area (Å²) in [5.41, 5.74) is 9.40. The summed E-state index contributed by atoms with van der Waals surface area (Å²) in [6, 6.07) is 10.1. The summed E-state index contributed by atoms with van der Waals surface area (Å²) in [4.78, 5) is 4.68. The first kappa shape index (κ1) is 27.1. The van der Waals surface area contributed by atoms with Crippen LogP contribution in [0.25, 0.3) is 5.69 Å². The first-order valence-corrected chi connectivity index (χ1v) is 11.5. The van der Waals surface area contributed by atoms with Crippen LogP contribution in [0.4, 0.5) is 5.82 Å². The number of nitrogens with zero attached hydrogens (tertiary/aromatic N) is 4. The van der Waals surface area contributed by atoms with Crippen molar-refractivity contribution in [2.45, 2.75) is 45.3 Å². The summed E-state index contributed by atoms with van der Waals surface area (Å²) in [5.74, 6) is 1.20. The van der Waals surface area contributed by atoms with Crippen molar-refractivity contribution in [3.63, 3.8) is 0 Å². The molecule has 0 atom stereocenters. The van der Waals surface area contributed by atoms with E-state index >= 15 is 0 Å². The number of hydrogen-bond acceptors (Lipinski definition) is 5. The number of rotatable bonds is 9. The van der Waals surface area contributed by atoms with E-state index < -0.39 is 0 Å². The minimum atomic E-state index is 0. The Labute approximate surface area is 207 Å². The molecule has 9 heteroatoms. The fourth-order valence-corrected chi connectivity index (χ4v) is 2.99. The molecule has 1 aromatic heterocycles. The van der Waals surface area contributed by atoms with Crippen molar-refractivity contribution < 1.29 is 0 Å². The van der Waals surface area contributed by atoms with E-state index in [4.69, 9.17) is 5.73 Å². The number of nitrogens with two attached hydrogens (primary N) is 1. The van der Waals surface area contributed by atoms with Crippen molar-refractivity contribution in [2.75, 3.05) is 31.6 Å². The van der Waals surface area contributed by atoms with Crippen LogP contribution in [0.2, 0.25) is 0 Å². The molecule has 170 valence electrons. The van der Waals surface area contributed by atoms with E-state index in [1.165, 1.54) is 0 Å². The van der Waals surface area contributed by atoms with E-state index in [2.05, 4.69) is 53.8 Å². The number of nitrogens with one attached hydrogen (secondary N) is 2. The Morgan fingerprint density at radius 1 is 1.29 bits per heavy atom. The molecular formula is C22H34IN7S. The van der Waals surface area contributed by atoms with Crippen LogP contribution >= 0.6 is 35.7 Å². The molecule has 0 radical (unpaired) electrons. The largest absolute Gasteiger partial charge is 0.382 e. The highest BCUT2D eigenvalue weighted by Gasteiger charge is 2.17. The normalized spacial score (nSPS) is 11.5. The van der Waals surface area contributed by atoms with E-state index in [1.54, 1.807) is 16.4 Å². The number of nitriles is 1. The summed E-state index contributed by atoms with van der Waals surface area (Å²) in [5, 5.41) is 20.8. The van der Waals surface area contributed by atoms with Crippen LogP contribution in [0.1, 0.15) is 44.0 Å². The van der Waals surface area contributed by atoms with Crippen LogP contribution in [0.3, 0.4) is 0 Å². The van der Waals surface area contributed by atoms with Crippen molar-refractivity contribution in [1.82, 2.24) is 20.4 Å². The smallest absolute Gasteiger partial charge is 0.191 e. The molecule has 1 heterocycles. The molecule has 7 nitrogen and oxygen atoms in total. The maximum Gasteiger partial charge on any atom is 0.191 e. The summed E-state index contributed by atoms with van der Waals surface area (Å²) >= 11 is 1.80. The Balaban J connectivity index is 0.00000480. The Bertz CT molecular complexity index is 898. The van der Waals surface area contributed by atoms with Gasteiger partial charge in [0.25, 0.3) is 0 Å². The van der Waals surface area contributed by atoms with E-state index in [9.17, 15) is 5.26 Å². The van der Waals surface area contributed by atoms with Gasteiger partial charge in [-0.05, 0) is 58.9 Å². The van der Waals surface area contributed by atoms with Crippen LogP contribution in [0, 0.1) is 18.3 Å². The van der Waals surface area contributed by atoms with Gasteiger partial charge in [-0.3, -0.25) is 4.99 Å². The first-order chi connectivity index (χ1) is 14.3. The molecular weight excluding hydrogens is 521 g/mol. The van der Waals surface area contributed by atoms with Gasteiger partial charge in [-0.25, -0.2) is 4.68 Å². The van der Waals surface area contributed by atoms with Gasteiger partial charge in [0.1, 0.15) is 17.5 Å². The van der Waals surface area contributed by atoms with Crippen LogP contribution in [0.15, 0.2) is 29.3 Å². The number of hydrogen-bond donors (Lipinski definition) is 3. The van der Waals surface area contributed by atoms with Gasteiger partial charge in [0, 0.05) is 17.8 Å². The molecule has 2 rings (SSSR count). The topological polar surface area (TPSA) is 104 Å². The molecule has 0 saturated heterocycles. The quantitative estimate of drug-likeness (QED) is 0.188. The van der Waals surface area contributed by atoms with Crippen LogP contribution in [0.5, 0.6) is 0 Å². The Kier molecular flexibility index (Phi) is 11.2. The number of nitrogen functional groups attached to an aromatic ring is 1. The molecule has 0 aliphatic rings. The number of guanidine groups is 1. The number of aromatic nitrogens is 2. The summed E-state index contributed by atoms with van der Waals surface area (Å²) in [7, 11) is 0. The van der Waals surface area contributed by atoms with E-state index in [-0.39, 0.29) is 28.7 Å². The summed E-state index contributed by atoms with van der Waals surface area (Å²) < 4.78 is 1.75. The maximum atomic E-state index is 9.56. The molecule has 2 aromatic rings. The first-order valence-electron chi connectivity index (χ1n) is 10.2. The molecule has 0 fully saturated rings. The summed E-state index contributed by atoms with van der Waals surface area (Å²) in [6.45, 7) is 10.7. The van der Waals surface area contributed by atoms with Crippen molar-refractivity contribution in [2.24, 2.45) is 4.99 Å². The lowest BCUT2D eigenvalue weighted by Gasteiger charge is -2.20. The van der Waals surface area contributed by atoms with Gasteiger partial charge >= 0.3 is 0 Å². The molecule has 0 aliphatic heterocycles. The van der Waals surface area contributed by atoms with Gasteiger partial charge < -0.3 is 16.4 Å². The molecule has 0 saturated carbocycles. The standard InChI is InChI=1S/C22H33N7S.HI/c1-6-25-21(27-15-22(3,4)30-5)26-13-7-8-19-18(14-23)20(24)29(28-19)17-11-9-16(2)10-12-17;/h9-12H,6-8,13,15,24H2,1-5H3,(H2,25,26,27);1H. The zero-order valence-electron chi connectivity index (χ0n) is 19.0. The molecule has 31 heavy (non-hydrogen) atoms. The highest BCUT2D eigenvalue weighted by atomic mass is 127. The predicted octanol–water partition coefficient (Wildman–Crippen LogP) is 3.88. The fourth-order valence-electron chi connectivity index (χ4n) is 2.80. The Morgan fingerprint density at radius 3 is 2.55 bits per heavy atom. The van der Waals surface area contributed by atoms with Gasteiger partial charge in [-0.1, -0.05) is 17.7 Å². The van der Waals surface area contributed by atoms with Crippen molar-refractivity contribution in [1.29, 1.82) is 5.26 Å². The fraction of sp³-hybridized carbons (Fsp3) is 0.500. The van der Waals surface area contributed by atoms with Crippen molar-refractivity contribution in [3.05, 3.63) is 41.1 Å². The molecule has 1 aromatic carbocycles. The highest BCUT2D eigenvalue weighted by Crippen LogP contribution is 2.22. The van der Waals surface area contributed by atoms with Gasteiger partial charge in [-0.15, -0.1) is 24.0 Å². The second-order valence-electron chi connectivity index (χ2n) is 7.76. The van der Waals surface area contributed by atoms with Gasteiger partial charge in [0.2, 0.25) is 0 Å². The molecule has 0 bridgehead atoms. The number of thioether (sulfide) groups is 1. The monoisotopic (exact) mass is 555 g/mol. The van der Waals surface area contributed by atoms with E-state index in [0.29, 0.717) is 17.8 Å². The lowest BCUT2D eigenvalue weighted by atomic mass is 10.1. The number of aliphatic imine (C=N–C) groups is 1. The van der Waals surface area contributed by atoms with Crippen LogP contribution < -0.4 is 16.4 Å². The molecule has 4 N–H and O–H groups in total. The molecule has 0 aliphatic carbocycles. The molecule has 0 spiro atoms. The number of benzene rings is 1. The third kappa shape index (κ3) is 7.92. The lowest BCUT2D eigenvalue weighted by Crippen LogP contribution is -2.39. The van der Waals surface area contributed by atoms with E-state index in [1.807, 2.05) is 31.2 Å². The van der Waals surface area contributed by atoms with Crippen molar-refractivity contribution in [3.8, 4) is 11.8 Å². The lowest BCUT2D eigenvalue weighted by molar-refractivity contribution is 0.697. The highest BCUT2D eigenvalue weighted by molar-refractivity contribution is 14.0. The second kappa shape index (κ2) is 12.8. The average Bonchev–Trinajstić information content (AvgIpc) is 3.05.